The fourth-order valence-electron chi connectivity index (χ4n) is 8.69. The lowest BCUT2D eigenvalue weighted by Crippen LogP contribution is -2.61. The number of unbranched alkanes of at least 4 members (excludes halogenated alkanes) is 18. The van der Waals surface area contributed by atoms with Gasteiger partial charge in [-0.3, -0.25) is 4.79 Å². The first-order valence-electron chi connectivity index (χ1n) is 29.2. The summed E-state index contributed by atoms with van der Waals surface area (Å²) in [6, 6.07) is 0. The van der Waals surface area contributed by atoms with Crippen molar-refractivity contribution in [3.8, 4) is 0 Å². The number of esters is 1. The zero-order valence-electron chi connectivity index (χ0n) is 46.3. The van der Waals surface area contributed by atoms with Gasteiger partial charge < -0.3 is 64.2 Å². The van der Waals surface area contributed by atoms with E-state index < -0.39 is 86.7 Å². The first kappa shape index (κ1) is 68.3. The summed E-state index contributed by atoms with van der Waals surface area (Å²) in [5.74, 6) is -0.392. The van der Waals surface area contributed by atoms with Gasteiger partial charge in [-0.15, -0.1) is 0 Å². The third kappa shape index (κ3) is 33.9. The van der Waals surface area contributed by atoms with Crippen molar-refractivity contribution < 1.29 is 69.0 Å². The largest absolute Gasteiger partial charge is 0.457 e. The van der Waals surface area contributed by atoms with E-state index in [0.29, 0.717) is 13.0 Å². The van der Waals surface area contributed by atoms with Gasteiger partial charge in [0.25, 0.3) is 0 Å². The van der Waals surface area contributed by atoms with E-state index >= 15 is 0 Å². The Balaban J connectivity index is 1.71. The van der Waals surface area contributed by atoms with Gasteiger partial charge >= 0.3 is 5.97 Å². The highest BCUT2D eigenvalue weighted by molar-refractivity contribution is 5.69. The number of hydrogen-bond acceptors (Lipinski definition) is 14. The molecule has 7 N–H and O–H groups in total. The van der Waals surface area contributed by atoms with Crippen LogP contribution in [0.1, 0.15) is 194 Å². The molecule has 2 rings (SSSR count). The maximum absolute atomic E-state index is 13.1. The van der Waals surface area contributed by atoms with Crippen molar-refractivity contribution in [1.82, 2.24) is 0 Å². The topological polar surface area (TPSA) is 214 Å². The highest BCUT2D eigenvalue weighted by Crippen LogP contribution is 2.26. The van der Waals surface area contributed by atoms with Crippen LogP contribution in [0.5, 0.6) is 0 Å². The summed E-state index contributed by atoms with van der Waals surface area (Å²) in [5.41, 5.74) is 0. The monoisotopic (exact) mass is 1060 g/mol. The third-order valence-electron chi connectivity index (χ3n) is 13.4. The van der Waals surface area contributed by atoms with Crippen LogP contribution in [0.15, 0.2) is 85.1 Å². The van der Waals surface area contributed by atoms with E-state index in [-0.39, 0.29) is 19.6 Å². The van der Waals surface area contributed by atoms with Crippen LogP contribution >= 0.6 is 0 Å². The van der Waals surface area contributed by atoms with Crippen molar-refractivity contribution in [2.45, 2.75) is 261 Å². The zero-order valence-corrected chi connectivity index (χ0v) is 46.3. The number of rotatable bonds is 46. The van der Waals surface area contributed by atoms with Gasteiger partial charge in [0.1, 0.15) is 54.9 Å². The Morgan fingerprint density at radius 3 is 1.37 bits per heavy atom. The van der Waals surface area contributed by atoms with E-state index in [1.54, 1.807) is 0 Å². The number of ether oxygens (including phenoxy) is 6. The lowest BCUT2D eigenvalue weighted by atomic mass is 9.98. The van der Waals surface area contributed by atoms with Crippen molar-refractivity contribution in [3.63, 3.8) is 0 Å². The highest BCUT2D eigenvalue weighted by Gasteiger charge is 2.47. The first-order valence-corrected chi connectivity index (χ1v) is 29.2. The minimum absolute atomic E-state index is 0.0460. The molecule has 11 atom stereocenters. The van der Waals surface area contributed by atoms with Gasteiger partial charge in [-0.1, -0.05) is 182 Å². The van der Waals surface area contributed by atoms with E-state index in [1.807, 2.05) is 0 Å². The fourth-order valence-corrected chi connectivity index (χ4v) is 8.69. The molecule has 11 unspecified atom stereocenters. The van der Waals surface area contributed by atoms with Crippen molar-refractivity contribution in [1.29, 1.82) is 0 Å². The molecule has 0 aliphatic carbocycles. The van der Waals surface area contributed by atoms with E-state index in [4.69, 9.17) is 28.4 Å². The zero-order chi connectivity index (χ0) is 54.4. The van der Waals surface area contributed by atoms with Crippen LogP contribution in [0.2, 0.25) is 0 Å². The molecule has 2 heterocycles. The number of aliphatic hydroxyl groups is 7. The van der Waals surface area contributed by atoms with Gasteiger partial charge in [-0.25, -0.2) is 0 Å². The van der Waals surface area contributed by atoms with Crippen LogP contribution < -0.4 is 0 Å². The Labute approximate surface area is 452 Å². The second-order valence-corrected chi connectivity index (χ2v) is 20.1. The summed E-state index contributed by atoms with van der Waals surface area (Å²) < 4.78 is 34.4. The van der Waals surface area contributed by atoms with Crippen LogP contribution in [-0.2, 0) is 33.2 Å². The lowest BCUT2D eigenvalue weighted by Gasteiger charge is -2.42. The Kier molecular flexibility index (Phi) is 43.0. The van der Waals surface area contributed by atoms with Crippen molar-refractivity contribution in [2.75, 3.05) is 33.0 Å². The number of carbonyl (C=O) groups is 1. The summed E-state index contributed by atoms with van der Waals surface area (Å²) in [5, 5.41) is 72.3. The maximum atomic E-state index is 13.1. The third-order valence-corrected chi connectivity index (χ3v) is 13.4. The molecule has 0 bridgehead atoms. The molecular weight excluding hydrogens is 957 g/mol. The molecule has 2 fully saturated rings. The molecular formula is C61H104O14. The van der Waals surface area contributed by atoms with Gasteiger partial charge in [0.15, 0.2) is 12.6 Å². The van der Waals surface area contributed by atoms with E-state index in [0.717, 1.165) is 109 Å². The van der Waals surface area contributed by atoms with Crippen molar-refractivity contribution in [3.05, 3.63) is 85.1 Å². The predicted octanol–water partition coefficient (Wildman–Crippen LogP) is 10.4. The molecule has 432 valence electrons. The SMILES string of the molecule is CC/C=C\C/C=C\C/C=C\C/C=C\C/C=C\C/C=C\CCCCCCCCCOCC(COC1OC(COC2OC(CO)C(O)C(O)C2O)C(O)C(O)C1O)OC(=O)CCCCCCC/C=C\CCCCCCCC. The summed E-state index contributed by atoms with van der Waals surface area (Å²) in [6.07, 6.45) is 45.0. The highest BCUT2D eigenvalue weighted by atomic mass is 16.7. The molecule has 0 amide bonds. The molecule has 75 heavy (non-hydrogen) atoms. The molecule has 2 saturated heterocycles. The predicted molar refractivity (Wildman–Crippen MR) is 298 cm³/mol. The van der Waals surface area contributed by atoms with E-state index in [2.05, 4.69) is 98.9 Å². The van der Waals surface area contributed by atoms with Crippen molar-refractivity contribution in [2.24, 2.45) is 0 Å². The van der Waals surface area contributed by atoms with Gasteiger partial charge in [0, 0.05) is 13.0 Å². The Morgan fingerprint density at radius 1 is 0.453 bits per heavy atom. The molecule has 2 aliphatic heterocycles. The summed E-state index contributed by atoms with van der Waals surface area (Å²) in [6.45, 7) is 3.52. The molecule has 0 aromatic heterocycles. The molecule has 0 aromatic carbocycles. The van der Waals surface area contributed by atoms with Gasteiger partial charge in [-0.2, -0.15) is 0 Å². The molecule has 0 radical (unpaired) electrons. The maximum Gasteiger partial charge on any atom is 0.306 e. The second-order valence-electron chi connectivity index (χ2n) is 20.1. The lowest BCUT2D eigenvalue weighted by molar-refractivity contribution is -0.332. The quantitative estimate of drug-likeness (QED) is 0.0172. The van der Waals surface area contributed by atoms with Crippen LogP contribution in [-0.4, -0.2) is 142 Å². The minimum atomic E-state index is -1.71. The molecule has 14 nitrogen and oxygen atoms in total. The molecule has 0 aromatic rings. The summed E-state index contributed by atoms with van der Waals surface area (Å²) >= 11 is 0. The van der Waals surface area contributed by atoms with E-state index in [1.165, 1.54) is 57.8 Å². The van der Waals surface area contributed by atoms with Crippen LogP contribution in [0.3, 0.4) is 0 Å². The molecule has 2 aliphatic rings. The molecule has 14 heteroatoms. The Hall–Kier alpha value is -2.83. The number of carbonyl (C=O) groups excluding carboxylic acids is 1. The van der Waals surface area contributed by atoms with E-state index in [9.17, 15) is 40.5 Å². The standard InChI is InChI=1S/C61H104O14/c1-3-5-7-9-11-13-15-17-19-20-21-22-23-24-25-26-27-28-29-31-33-35-37-39-41-43-45-70-47-50(73-53(63)44-42-40-38-36-34-32-30-18-16-14-12-10-8-6-4-2)48-71-60-59(69)57(67)55(65)52(75-60)49-72-61-58(68)56(66)54(64)51(46-62)74-61/h5,7,11,13,17-19,21-22,24-25,27-28,30,50-52,54-62,64-69H,3-4,6,8-10,12,14-16,20,23,26,29,31-49H2,1-2H3/b7-5-,13-11-,19-17-,22-21-,25-24-,28-27-,30-18-. The Bertz CT molecular complexity index is 1560. The number of allylic oxidation sites excluding steroid dienone is 14. The average molecular weight is 1060 g/mol. The minimum Gasteiger partial charge on any atom is -0.457 e. The molecule has 0 saturated carbocycles. The number of aliphatic hydroxyl groups excluding tert-OH is 7. The second kappa shape index (κ2) is 47.2. The molecule has 0 spiro atoms. The number of hydrogen-bond donors (Lipinski definition) is 7. The smallest absolute Gasteiger partial charge is 0.306 e. The van der Waals surface area contributed by atoms with Crippen molar-refractivity contribution >= 4 is 5.97 Å². The van der Waals surface area contributed by atoms with Crippen LogP contribution in [0.4, 0.5) is 0 Å². The van der Waals surface area contributed by atoms with Gasteiger partial charge in [0.2, 0.25) is 0 Å². The van der Waals surface area contributed by atoms with Gasteiger partial charge in [-0.05, 0) is 89.9 Å². The first-order chi connectivity index (χ1) is 36.6. The fraction of sp³-hybridized carbons (Fsp3) is 0.754. The van der Waals surface area contributed by atoms with Crippen LogP contribution in [0.25, 0.3) is 0 Å². The average Bonchev–Trinajstić information content (AvgIpc) is 3.41. The van der Waals surface area contributed by atoms with Crippen LogP contribution in [0, 0.1) is 0 Å². The Morgan fingerprint density at radius 2 is 0.867 bits per heavy atom. The summed E-state index contributed by atoms with van der Waals surface area (Å²) in [4.78, 5) is 13.1. The summed E-state index contributed by atoms with van der Waals surface area (Å²) in [7, 11) is 0. The normalized spacial score (nSPS) is 25.2. The van der Waals surface area contributed by atoms with Gasteiger partial charge in [0.05, 0.1) is 26.4 Å².